The Morgan fingerprint density at radius 2 is 2.12 bits per heavy atom. The van der Waals surface area contributed by atoms with E-state index in [1.807, 2.05) is 0 Å². The van der Waals surface area contributed by atoms with Gasteiger partial charge in [-0.15, -0.1) is 0 Å². The van der Waals surface area contributed by atoms with Crippen LogP contribution < -0.4 is 11.2 Å². The Kier molecular flexibility index (Phi) is 5.37. The lowest BCUT2D eigenvalue weighted by Crippen LogP contribution is -2.52. The Balaban J connectivity index is 2.47. The zero-order chi connectivity index (χ0) is 18.9. The van der Waals surface area contributed by atoms with Crippen molar-refractivity contribution in [2.75, 3.05) is 7.11 Å². The molecule has 10 heteroatoms. The molecule has 0 radical (unpaired) electrons. The molecule has 2 heterocycles. The zero-order valence-corrected chi connectivity index (χ0v) is 14.0. The molecule has 0 saturated carbocycles. The van der Waals surface area contributed by atoms with Crippen molar-refractivity contribution in [2.45, 2.75) is 50.9 Å². The van der Waals surface area contributed by atoms with E-state index in [2.05, 4.69) is 4.98 Å². The van der Waals surface area contributed by atoms with Gasteiger partial charge in [-0.2, -0.15) is 0 Å². The summed E-state index contributed by atoms with van der Waals surface area (Å²) in [6.45, 7) is 2.11. The number of aliphatic hydroxyl groups excluding tert-OH is 1. The van der Waals surface area contributed by atoms with Crippen LogP contribution in [0.5, 0.6) is 0 Å². The van der Waals surface area contributed by atoms with E-state index in [1.165, 1.54) is 13.3 Å². The number of ketones is 2. The SMILES string of the molecule is COCc1cn([C@H]2C[C@@](O)(C(C)=O)[C@@H](C(O)C(C)=O)O2)c(=O)[nH]c1=O. The van der Waals surface area contributed by atoms with E-state index in [-0.39, 0.29) is 18.6 Å². The van der Waals surface area contributed by atoms with E-state index in [0.29, 0.717) is 0 Å². The fourth-order valence-corrected chi connectivity index (χ4v) is 2.77. The van der Waals surface area contributed by atoms with Crippen molar-refractivity contribution in [3.8, 4) is 0 Å². The summed E-state index contributed by atoms with van der Waals surface area (Å²) in [6, 6.07) is 0. The number of hydrogen-bond donors (Lipinski definition) is 3. The first-order valence-electron chi connectivity index (χ1n) is 7.52. The zero-order valence-electron chi connectivity index (χ0n) is 14.0. The maximum atomic E-state index is 12.1. The van der Waals surface area contributed by atoms with Gasteiger partial charge in [0.1, 0.15) is 18.4 Å². The van der Waals surface area contributed by atoms with Crippen molar-refractivity contribution in [1.29, 1.82) is 0 Å². The Hall–Kier alpha value is -2.14. The van der Waals surface area contributed by atoms with Gasteiger partial charge in [-0.3, -0.25) is 23.9 Å². The second kappa shape index (κ2) is 7.00. The van der Waals surface area contributed by atoms with E-state index in [9.17, 15) is 29.4 Å². The van der Waals surface area contributed by atoms with Crippen LogP contribution in [-0.2, 0) is 25.7 Å². The number of nitrogens with one attached hydrogen (secondary N) is 1. The van der Waals surface area contributed by atoms with Crippen molar-refractivity contribution in [3.63, 3.8) is 0 Å². The summed E-state index contributed by atoms with van der Waals surface area (Å²) in [5.41, 5.74) is -3.47. The summed E-state index contributed by atoms with van der Waals surface area (Å²) in [6.07, 6.45) is -3.60. The first-order valence-corrected chi connectivity index (χ1v) is 7.52. The molecule has 0 spiro atoms. The van der Waals surface area contributed by atoms with Gasteiger partial charge in [0.05, 0.1) is 12.2 Å². The number of ether oxygens (including phenoxy) is 2. The van der Waals surface area contributed by atoms with E-state index in [0.717, 1.165) is 18.4 Å². The maximum absolute atomic E-state index is 12.1. The first kappa shape index (κ1) is 19.2. The number of carbonyl (C=O) groups excluding carboxylic acids is 2. The van der Waals surface area contributed by atoms with Crippen LogP contribution >= 0.6 is 0 Å². The third-order valence-corrected chi connectivity index (χ3v) is 4.22. The van der Waals surface area contributed by atoms with Gasteiger partial charge in [0.2, 0.25) is 0 Å². The number of rotatable bonds is 6. The van der Waals surface area contributed by atoms with Gasteiger partial charge < -0.3 is 19.7 Å². The van der Waals surface area contributed by atoms with Crippen molar-refractivity contribution in [1.82, 2.24) is 9.55 Å². The van der Waals surface area contributed by atoms with Gasteiger partial charge in [-0.1, -0.05) is 0 Å². The molecule has 0 bridgehead atoms. The van der Waals surface area contributed by atoms with Crippen LogP contribution in [0.3, 0.4) is 0 Å². The molecule has 2 rings (SSSR count). The van der Waals surface area contributed by atoms with Gasteiger partial charge in [0.25, 0.3) is 5.56 Å². The molecule has 1 aromatic heterocycles. The minimum Gasteiger partial charge on any atom is -0.382 e. The second-order valence-corrected chi connectivity index (χ2v) is 6.01. The highest BCUT2D eigenvalue weighted by Gasteiger charge is 2.55. The molecule has 1 saturated heterocycles. The second-order valence-electron chi connectivity index (χ2n) is 6.01. The van der Waals surface area contributed by atoms with Crippen LogP contribution in [0.1, 0.15) is 32.1 Å². The number of Topliss-reactive ketones (excluding diaryl/α,β-unsaturated/α-hetero) is 2. The molecule has 4 atom stereocenters. The smallest absolute Gasteiger partial charge is 0.330 e. The van der Waals surface area contributed by atoms with Gasteiger partial charge >= 0.3 is 5.69 Å². The fraction of sp³-hybridized carbons (Fsp3) is 0.600. The number of hydrogen-bond acceptors (Lipinski definition) is 8. The number of carbonyl (C=O) groups is 2. The molecular weight excluding hydrogens is 336 g/mol. The molecule has 1 aliphatic heterocycles. The third kappa shape index (κ3) is 3.47. The summed E-state index contributed by atoms with van der Waals surface area (Å²) in [5.74, 6) is -1.41. The van der Waals surface area contributed by atoms with Gasteiger partial charge in [0.15, 0.2) is 17.2 Å². The van der Waals surface area contributed by atoms with Gasteiger partial charge in [-0.05, 0) is 13.8 Å². The summed E-state index contributed by atoms with van der Waals surface area (Å²) < 4.78 is 11.3. The number of H-pyrrole nitrogens is 1. The molecule has 0 aliphatic carbocycles. The summed E-state index contributed by atoms with van der Waals surface area (Å²) in [4.78, 5) is 49.2. The molecule has 10 nitrogen and oxygen atoms in total. The predicted molar refractivity (Wildman–Crippen MR) is 82.9 cm³/mol. The standard InChI is InChI=1S/C15H20N2O8/c1-7(18)11(20)12-15(23,8(2)19)4-10(25-12)17-5-9(6-24-3)13(21)16-14(17)22/h5,10-12,20,23H,4,6H2,1-3H3,(H,16,21,22)/t10-,11?,12-,15-/m1/s1. The van der Waals surface area contributed by atoms with Crippen LogP contribution in [0.15, 0.2) is 15.8 Å². The van der Waals surface area contributed by atoms with Gasteiger partial charge in [0, 0.05) is 19.7 Å². The molecule has 1 unspecified atom stereocenters. The number of aromatic amines is 1. The van der Waals surface area contributed by atoms with Gasteiger partial charge in [-0.25, -0.2) is 4.79 Å². The normalized spacial score (nSPS) is 27.2. The van der Waals surface area contributed by atoms with E-state index in [4.69, 9.17) is 9.47 Å². The number of methoxy groups -OCH3 is 1. The number of nitrogens with zero attached hydrogens (tertiary/aromatic N) is 1. The lowest BCUT2D eigenvalue weighted by atomic mass is 9.86. The topological polar surface area (TPSA) is 148 Å². The van der Waals surface area contributed by atoms with Crippen molar-refractivity contribution < 1.29 is 29.3 Å². The van der Waals surface area contributed by atoms with E-state index in [1.54, 1.807) is 0 Å². The Morgan fingerprint density at radius 3 is 2.64 bits per heavy atom. The summed E-state index contributed by atoms with van der Waals surface area (Å²) >= 11 is 0. The summed E-state index contributed by atoms with van der Waals surface area (Å²) in [7, 11) is 1.37. The Labute approximate surface area is 142 Å². The molecule has 3 N–H and O–H groups in total. The molecule has 0 amide bonds. The minimum absolute atomic E-state index is 0.0706. The quantitative estimate of drug-likeness (QED) is 0.543. The average Bonchev–Trinajstić information content (AvgIpc) is 2.88. The molecule has 0 aromatic carbocycles. The highest BCUT2D eigenvalue weighted by Crippen LogP contribution is 2.38. The van der Waals surface area contributed by atoms with Crippen molar-refractivity contribution >= 4 is 11.6 Å². The monoisotopic (exact) mass is 356 g/mol. The van der Waals surface area contributed by atoms with Crippen LogP contribution in [0.25, 0.3) is 0 Å². The first-order chi connectivity index (χ1) is 11.6. The minimum atomic E-state index is -2.15. The lowest BCUT2D eigenvalue weighted by molar-refractivity contribution is -0.158. The number of aliphatic hydroxyl groups is 2. The van der Waals surface area contributed by atoms with Crippen LogP contribution in [0.2, 0.25) is 0 Å². The molecular formula is C15H20N2O8. The highest BCUT2D eigenvalue weighted by atomic mass is 16.6. The van der Waals surface area contributed by atoms with Crippen LogP contribution in [0, 0.1) is 0 Å². The Bertz CT molecular complexity index is 797. The number of aromatic nitrogens is 2. The lowest BCUT2D eigenvalue weighted by Gasteiger charge is -2.27. The van der Waals surface area contributed by atoms with Crippen molar-refractivity contribution in [3.05, 3.63) is 32.6 Å². The fourth-order valence-electron chi connectivity index (χ4n) is 2.77. The van der Waals surface area contributed by atoms with Crippen molar-refractivity contribution in [2.24, 2.45) is 0 Å². The molecule has 1 fully saturated rings. The molecule has 138 valence electrons. The highest BCUT2D eigenvalue weighted by molar-refractivity contribution is 5.88. The van der Waals surface area contributed by atoms with E-state index >= 15 is 0 Å². The van der Waals surface area contributed by atoms with E-state index < -0.39 is 46.9 Å². The Morgan fingerprint density at radius 1 is 1.48 bits per heavy atom. The average molecular weight is 356 g/mol. The largest absolute Gasteiger partial charge is 0.382 e. The summed E-state index contributed by atoms with van der Waals surface area (Å²) in [5, 5.41) is 20.6. The predicted octanol–water partition coefficient (Wildman–Crippen LogP) is -1.76. The maximum Gasteiger partial charge on any atom is 0.330 e. The molecule has 25 heavy (non-hydrogen) atoms. The third-order valence-electron chi connectivity index (χ3n) is 4.22. The van der Waals surface area contributed by atoms with Crippen LogP contribution in [-0.4, -0.2) is 56.2 Å². The molecule has 1 aliphatic rings. The van der Waals surface area contributed by atoms with Crippen LogP contribution in [0.4, 0.5) is 0 Å². The molecule has 1 aromatic rings.